The Morgan fingerprint density at radius 3 is 2.64 bits per heavy atom. The summed E-state index contributed by atoms with van der Waals surface area (Å²) in [6.07, 6.45) is -0.589. The zero-order valence-electron chi connectivity index (χ0n) is 13.2. The number of nitrogens with one attached hydrogen (secondary N) is 1. The Morgan fingerprint density at radius 2 is 2.05 bits per heavy atom. The zero-order valence-corrected chi connectivity index (χ0v) is 14.0. The summed E-state index contributed by atoms with van der Waals surface area (Å²) >= 11 is 5.97. The normalized spacial score (nSPS) is 12.0. The van der Waals surface area contributed by atoms with Crippen LogP contribution in [-0.2, 0) is 11.3 Å². The predicted octanol–water partition coefficient (Wildman–Crippen LogP) is 3.94. The molecule has 0 aliphatic carbocycles. The summed E-state index contributed by atoms with van der Waals surface area (Å²) in [5, 5.41) is 3.53. The van der Waals surface area contributed by atoms with Crippen LogP contribution in [0.4, 0.5) is 0 Å². The number of hydrogen-bond donors (Lipinski definition) is 1. The van der Waals surface area contributed by atoms with Crippen molar-refractivity contribution in [3.8, 4) is 5.75 Å². The molecule has 2 aromatic rings. The number of carbonyl (C=O) groups is 1. The number of amides is 1. The fourth-order valence-corrected chi connectivity index (χ4v) is 2.25. The van der Waals surface area contributed by atoms with Gasteiger partial charge in [0.15, 0.2) is 6.10 Å². The lowest BCUT2D eigenvalue weighted by Crippen LogP contribution is -2.35. The molecule has 5 heteroatoms. The van der Waals surface area contributed by atoms with E-state index < -0.39 is 6.10 Å². The van der Waals surface area contributed by atoms with E-state index in [-0.39, 0.29) is 5.91 Å². The number of halogens is 1. The SMILES string of the molecule is Cc1cc(CNC(=O)C(C)Oc2ccc(Cl)c(C)c2)c(C)o1. The van der Waals surface area contributed by atoms with Crippen LogP contribution in [0.15, 0.2) is 28.7 Å². The molecule has 1 amide bonds. The van der Waals surface area contributed by atoms with Crippen LogP contribution in [0, 0.1) is 20.8 Å². The minimum absolute atomic E-state index is 0.175. The molecule has 0 saturated carbocycles. The summed E-state index contributed by atoms with van der Waals surface area (Å²) in [5.41, 5.74) is 1.89. The third-order valence-electron chi connectivity index (χ3n) is 3.41. The van der Waals surface area contributed by atoms with Crippen molar-refractivity contribution in [2.45, 2.75) is 40.3 Å². The largest absolute Gasteiger partial charge is 0.481 e. The molecule has 0 bridgehead atoms. The minimum Gasteiger partial charge on any atom is -0.481 e. The van der Waals surface area contributed by atoms with Gasteiger partial charge in [0.25, 0.3) is 5.91 Å². The van der Waals surface area contributed by atoms with Crippen molar-refractivity contribution >= 4 is 17.5 Å². The second-order valence-electron chi connectivity index (χ2n) is 5.33. The first-order valence-electron chi connectivity index (χ1n) is 7.13. The summed E-state index contributed by atoms with van der Waals surface area (Å²) in [6, 6.07) is 7.25. The molecule has 22 heavy (non-hydrogen) atoms. The molecule has 1 atom stereocenters. The van der Waals surface area contributed by atoms with Gasteiger partial charge in [-0.05, 0) is 57.5 Å². The van der Waals surface area contributed by atoms with Gasteiger partial charge in [0, 0.05) is 17.1 Å². The molecule has 0 radical (unpaired) electrons. The summed E-state index contributed by atoms with van der Waals surface area (Å²) in [6.45, 7) is 7.80. The number of rotatable bonds is 5. The van der Waals surface area contributed by atoms with E-state index >= 15 is 0 Å². The summed E-state index contributed by atoms with van der Waals surface area (Å²) in [4.78, 5) is 12.1. The molecule has 1 unspecified atom stereocenters. The van der Waals surface area contributed by atoms with Crippen molar-refractivity contribution < 1.29 is 13.9 Å². The van der Waals surface area contributed by atoms with Crippen molar-refractivity contribution in [3.05, 3.63) is 51.9 Å². The average Bonchev–Trinajstić information content (AvgIpc) is 2.78. The standard InChI is InChI=1S/C17H20ClNO3/c1-10-7-15(5-6-16(10)18)22-13(4)17(20)19-9-14-8-11(2)21-12(14)3/h5-8,13H,9H2,1-4H3,(H,19,20). The highest BCUT2D eigenvalue weighted by Crippen LogP contribution is 2.22. The number of hydrogen-bond acceptors (Lipinski definition) is 3. The molecular weight excluding hydrogens is 302 g/mol. The molecule has 1 N–H and O–H groups in total. The van der Waals surface area contributed by atoms with E-state index in [0.29, 0.717) is 17.3 Å². The minimum atomic E-state index is -0.589. The Bertz CT molecular complexity index is 679. The van der Waals surface area contributed by atoms with E-state index in [1.165, 1.54) is 0 Å². The Morgan fingerprint density at radius 1 is 1.32 bits per heavy atom. The summed E-state index contributed by atoms with van der Waals surface area (Å²) in [7, 11) is 0. The topological polar surface area (TPSA) is 51.5 Å². The van der Waals surface area contributed by atoms with E-state index in [1.807, 2.05) is 32.9 Å². The highest BCUT2D eigenvalue weighted by Gasteiger charge is 2.15. The molecule has 0 saturated heterocycles. The molecule has 1 aromatic heterocycles. The first-order chi connectivity index (χ1) is 10.4. The number of benzene rings is 1. The highest BCUT2D eigenvalue weighted by molar-refractivity contribution is 6.31. The average molecular weight is 322 g/mol. The fraction of sp³-hybridized carbons (Fsp3) is 0.353. The van der Waals surface area contributed by atoms with Crippen LogP contribution < -0.4 is 10.1 Å². The molecule has 1 heterocycles. The van der Waals surface area contributed by atoms with Gasteiger partial charge in [0.2, 0.25) is 0 Å². The number of aryl methyl sites for hydroxylation is 3. The Labute approximate surface area is 135 Å². The van der Waals surface area contributed by atoms with E-state index in [1.54, 1.807) is 19.1 Å². The van der Waals surface area contributed by atoms with Crippen LogP contribution in [0.2, 0.25) is 5.02 Å². The second-order valence-corrected chi connectivity index (χ2v) is 5.73. The van der Waals surface area contributed by atoms with E-state index in [4.69, 9.17) is 20.8 Å². The molecule has 0 aliphatic rings. The quantitative estimate of drug-likeness (QED) is 0.907. The van der Waals surface area contributed by atoms with Gasteiger partial charge in [-0.3, -0.25) is 4.79 Å². The van der Waals surface area contributed by atoms with E-state index in [9.17, 15) is 4.79 Å². The van der Waals surface area contributed by atoms with Gasteiger partial charge < -0.3 is 14.5 Å². The molecule has 2 rings (SSSR count). The second kappa shape index (κ2) is 6.88. The maximum Gasteiger partial charge on any atom is 0.261 e. The number of carbonyl (C=O) groups excluding carboxylic acids is 1. The third kappa shape index (κ3) is 4.04. The van der Waals surface area contributed by atoms with Gasteiger partial charge in [-0.25, -0.2) is 0 Å². The van der Waals surface area contributed by atoms with Crippen LogP contribution in [-0.4, -0.2) is 12.0 Å². The van der Waals surface area contributed by atoms with Crippen molar-refractivity contribution in [2.75, 3.05) is 0 Å². The van der Waals surface area contributed by atoms with Crippen LogP contribution in [0.3, 0.4) is 0 Å². The van der Waals surface area contributed by atoms with Crippen LogP contribution in [0.25, 0.3) is 0 Å². The van der Waals surface area contributed by atoms with Gasteiger partial charge in [-0.2, -0.15) is 0 Å². The lowest BCUT2D eigenvalue weighted by Gasteiger charge is -2.15. The van der Waals surface area contributed by atoms with Gasteiger partial charge in [0.05, 0.1) is 0 Å². The van der Waals surface area contributed by atoms with Crippen LogP contribution >= 0.6 is 11.6 Å². The molecule has 0 spiro atoms. The number of furan rings is 1. The van der Waals surface area contributed by atoms with E-state index in [0.717, 1.165) is 22.6 Å². The van der Waals surface area contributed by atoms with Crippen molar-refractivity contribution in [1.82, 2.24) is 5.32 Å². The maximum atomic E-state index is 12.1. The van der Waals surface area contributed by atoms with Crippen LogP contribution in [0.1, 0.15) is 29.6 Å². The predicted molar refractivity (Wildman–Crippen MR) is 86.3 cm³/mol. The molecule has 118 valence electrons. The lowest BCUT2D eigenvalue weighted by atomic mass is 10.2. The molecule has 0 aliphatic heterocycles. The Kier molecular flexibility index (Phi) is 5.14. The zero-order chi connectivity index (χ0) is 16.3. The van der Waals surface area contributed by atoms with Crippen molar-refractivity contribution in [2.24, 2.45) is 0 Å². The summed E-state index contributed by atoms with van der Waals surface area (Å²) < 4.78 is 11.1. The highest BCUT2D eigenvalue weighted by atomic mass is 35.5. The monoisotopic (exact) mass is 321 g/mol. The molecule has 1 aromatic carbocycles. The van der Waals surface area contributed by atoms with Gasteiger partial charge in [0.1, 0.15) is 17.3 Å². The smallest absolute Gasteiger partial charge is 0.261 e. The summed E-state index contributed by atoms with van der Waals surface area (Å²) in [5.74, 6) is 2.10. The molecular formula is C17H20ClNO3. The lowest BCUT2D eigenvalue weighted by molar-refractivity contribution is -0.127. The first kappa shape index (κ1) is 16.4. The molecule has 0 fully saturated rings. The Balaban J connectivity index is 1.91. The number of ether oxygens (including phenoxy) is 1. The van der Waals surface area contributed by atoms with Gasteiger partial charge in [-0.1, -0.05) is 11.6 Å². The maximum absolute atomic E-state index is 12.1. The van der Waals surface area contributed by atoms with E-state index in [2.05, 4.69) is 5.32 Å². The Hall–Kier alpha value is -1.94. The van der Waals surface area contributed by atoms with Crippen LogP contribution in [0.5, 0.6) is 5.75 Å². The first-order valence-corrected chi connectivity index (χ1v) is 7.51. The third-order valence-corrected chi connectivity index (χ3v) is 3.83. The van der Waals surface area contributed by atoms with Gasteiger partial charge >= 0.3 is 0 Å². The van der Waals surface area contributed by atoms with Gasteiger partial charge in [-0.15, -0.1) is 0 Å². The van der Waals surface area contributed by atoms with Crippen molar-refractivity contribution in [1.29, 1.82) is 0 Å². The van der Waals surface area contributed by atoms with Crippen molar-refractivity contribution in [3.63, 3.8) is 0 Å². The molecule has 4 nitrogen and oxygen atoms in total. The fourth-order valence-electron chi connectivity index (χ4n) is 2.13.